The molecule has 0 atom stereocenters. The molecule has 0 aromatic heterocycles. The highest BCUT2D eigenvalue weighted by molar-refractivity contribution is 7.91. The average Bonchev–Trinajstić information content (AvgIpc) is 2.27. The largest absolute Gasteiger partial charge is 0.397 e. The van der Waals surface area contributed by atoms with Crippen molar-refractivity contribution in [2.45, 2.75) is 11.4 Å². The normalized spacial score (nSPS) is 12.6. The van der Waals surface area contributed by atoms with Gasteiger partial charge < -0.3 is 5.73 Å². The van der Waals surface area contributed by atoms with E-state index in [9.17, 15) is 16.8 Å². The predicted octanol–water partition coefficient (Wildman–Crippen LogP) is -0.262. The molecule has 0 heterocycles. The van der Waals surface area contributed by atoms with Crippen LogP contribution in [0, 0.1) is 0 Å². The van der Waals surface area contributed by atoms with Crippen molar-refractivity contribution in [2.24, 2.45) is 5.73 Å². The van der Waals surface area contributed by atoms with Gasteiger partial charge in [-0.1, -0.05) is 12.1 Å². The molecule has 1 aromatic rings. The van der Waals surface area contributed by atoms with Gasteiger partial charge in [-0.2, -0.15) is 8.42 Å². The van der Waals surface area contributed by atoms with Crippen LogP contribution < -0.4 is 5.73 Å². The Morgan fingerprint density at radius 2 is 1.67 bits per heavy atom. The van der Waals surface area contributed by atoms with Crippen molar-refractivity contribution in [2.75, 3.05) is 12.4 Å². The summed E-state index contributed by atoms with van der Waals surface area (Å²) in [7, 11) is -8.27. The summed E-state index contributed by atoms with van der Waals surface area (Å²) in [6.07, 6.45) is 0. The monoisotopic (exact) mass is 295 g/mol. The number of nitrogens with two attached hydrogens (primary N) is 1. The van der Waals surface area contributed by atoms with Crippen LogP contribution in [-0.2, 0) is 31.0 Å². The minimum atomic E-state index is -4.62. The first-order valence-electron chi connectivity index (χ1n) is 4.88. The second-order valence-electron chi connectivity index (χ2n) is 3.42. The highest BCUT2D eigenvalue weighted by atomic mass is 32.3. The van der Waals surface area contributed by atoms with Crippen LogP contribution in [0.15, 0.2) is 29.2 Å². The van der Waals surface area contributed by atoms with Crippen molar-refractivity contribution in [3.8, 4) is 0 Å². The van der Waals surface area contributed by atoms with Crippen LogP contribution in [0.4, 0.5) is 0 Å². The van der Waals surface area contributed by atoms with Gasteiger partial charge in [0.25, 0.3) is 0 Å². The Bertz CT molecular complexity index is 590. The quantitative estimate of drug-likeness (QED) is 0.693. The fourth-order valence-corrected chi connectivity index (χ4v) is 2.69. The number of hydrogen-bond acceptors (Lipinski definition) is 6. The molecule has 1 rings (SSSR count). The summed E-state index contributed by atoms with van der Waals surface area (Å²) in [6, 6.07) is 5.89. The lowest BCUT2D eigenvalue weighted by Crippen LogP contribution is -2.15. The highest BCUT2D eigenvalue weighted by Gasteiger charge is 2.16. The van der Waals surface area contributed by atoms with Crippen LogP contribution in [-0.4, -0.2) is 33.7 Å². The molecule has 3 N–H and O–H groups in total. The first-order valence-corrected chi connectivity index (χ1v) is 7.90. The summed E-state index contributed by atoms with van der Waals surface area (Å²) in [5, 5.41) is 0. The fourth-order valence-electron chi connectivity index (χ4n) is 1.20. The van der Waals surface area contributed by atoms with E-state index in [2.05, 4.69) is 4.18 Å². The Kier molecular flexibility index (Phi) is 4.82. The minimum absolute atomic E-state index is 0.0404. The molecule has 102 valence electrons. The van der Waals surface area contributed by atoms with Gasteiger partial charge in [0, 0.05) is 6.54 Å². The fraction of sp³-hybridized carbons (Fsp3) is 0.333. The molecule has 18 heavy (non-hydrogen) atoms. The highest BCUT2D eigenvalue weighted by Crippen LogP contribution is 2.12. The average molecular weight is 295 g/mol. The van der Waals surface area contributed by atoms with E-state index in [4.69, 9.17) is 10.3 Å². The Hall–Kier alpha value is -1.00. The molecule has 0 fully saturated rings. The van der Waals surface area contributed by atoms with E-state index in [-0.39, 0.29) is 4.90 Å². The van der Waals surface area contributed by atoms with Gasteiger partial charge in [0.2, 0.25) is 0 Å². The van der Waals surface area contributed by atoms with E-state index in [1.165, 1.54) is 12.1 Å². The standard InChI is InChI=1S/C9H13NO6S2/c10-7-8-1-3-9(4-2-8)17(11,12)6-5-16-18(13,14)15/h1-4H,5-7,10H2,(H,13,14,15). The lowest BCUT2D eigenvalue weighted by atomic mass is 10.2. The molecule has 0 saturated heterocycles. The van der Waals surface area contributed by atoms with E-state index in [0.29, 0.717) is 6.54 Å². The maximum Gasteiger partial charge on any atom is 0.397 e. The molecule has 9 heteroatoms. The molecular formula is C9H13NO6S2. The molecule has 0 aliphatic heterocycles. The van der Waals surface area contributed by atoms with Crippen LogP contribution in [0.2, 0.25) is 0 Å². The molecule has 1 aromatic carbocycles. The van der Waals surface area contributed by atoms with Crippen molar-refractivity contribution in [1.29, 1.82) is 0 Å². The number of sulfone groups is 1. The first kappa shape index (κ1) is 15.1. The second kappa shape index (κ2) is 5.76. The van der Waals surface area contributed by atoms with Gasteiger partial charge in [-0.15, -0.1) is 0 Å². The Balaban J connectivity index is 2.74. The SMILES string of the molecule is NCc1ccc(S(=O)(=O)CCOS(=O)(=O)O)cc1. The number of rotatable bonds is 6. The van der Waals surface area contributed by atoms with Gasteiger partial charge in [0.05, 0.1) is 17.3 Å². The van der Waals surface area contributed by atoms with Crippen LogP contribution in [0.3, 0.4) is 0 Å². The molecule has 0 unspecified atom stereocenters. The third-order valence-corrected chi connectivity index (χ3v) is 4.26. The van der Waals surface area contributed by atoms with Gasteiger partial charge in [-0.05, 0) is 17.7 Å². The zero-order valence-electron chi connectivity index (χ0n) is 9.31. The molecule has 0 amide bonds. The van der Waals surface area contributed by atoms with Gasteiger partial charge in [-0.3, -0.25) is 4.55 Å². The summed E-state index contributed by atoms with van der Waals surface area (Å²) in [6.45, 7) is -0.341. The van der Waals surface area contributed by atoms with Gasteiger partial charge in [-0.25, -0.2) is 12.6 Å². The van der Waals surface area contributed by atoms with Crippen molar-refractivity contribution in [1.82, 2.24) is 0 Å². The van der Waals surface area contributed by atoms with Crippen LogP contribution >= 0.6 is 0 Å². The third-order valence-electron chi connectivity index (χ3n) is 2.10. The summed E-state index contributed by atoms with van der Waals surface area (Å²) < 4.78 is 56.2. The van der Waals surface area contributed by atoms with E-state index < -0.39 is 32.6 Å². The molecule has 0 saturated carbocycles. The maximum absolute atomic E-state index is 11.7. The molecule has 0 spiro atoms. The minimum Gasteiger partial charge on any atom is -0.326 e. The molecule has 0 radical (unpaired) electrons. The zero-order chi connectivity index (χ0) is 13.8. The van der Waals surface area contributed by atoms with E-state index >= 15 is 0 Å². The van der Waals surface area contributed by atoms with E-state index in [0.717, 1.165) is 5.56 Å². The lowest BCUT2D eigenvalue weighted by Gasteiger charge is -2.05. The molecule has 7 nitrogen and oxygen atoms in total. The van der Waals surface area contributed by atoms with Crippen molar-refractivity contribution >= 4 is 20.2 Å². The van der Waals surface area contributed by atoms with E-state index in [1.54, 1.807) is 12.1 Å². The number of benzene rings is 1. The molecule has 0 bridgehead atoms. The van der Waals surface area contributed by atoms with Gasteiger partial charge in [0.1, 0.15) is 0 Å². The zero-order valence-corrected chi connectivity index (χ0v) is 10.9. The third kappa shape index (κ3) is 4.70. The maximum atomic E-state index is 11.7. The predicted molar refractivity (Wildman–Crippen MR) is 63.9 cm³/mol. The van der Waals surface area contributed by atoms with Crippen molar-refractivity contribution in [3.63, 3.8) is 0 Å². The van der Waals surface area contributed by atoms with Gasteiger partial charge in [0.15, 0.2) is 9.84 Å². The van der Waals surface area contributed by atoms with Crippen molar-refractivity contribution < 1.29 is 25.6 Å². The van der Waals surface area contributed by atoms with E-state index in [1.807, 2.05) is 0 Å². The lowest BCUT2D eigenvalue weighted by molar-refractivity contribution is 0.284. The van der Waals surface area contributed by atoms with Crippen LogP contribution in [0.1, 0.15) is 5.56 Å². The van der Waals surface area contributed by atoms with Gasteiger partial charge >= 0.3 is 10.4 Å². The topological polar surface area (TPSA) is 124 Å². The first-order chi connectivity index (χ1) is 8.24. The summed E-state index contributed by atoms with van der Waals surface area (Å²) in [5.41, 5.74) is 6.15. The van der Waals surface area contributed by atoms with Crippen LogP contribution in [0.25, 0.3) is 0 Å². The Morgan fingerprint density at radius 1 is 1.11 bits per heavy atom. The molecule has 0 aliphatic rings. The van der Waals surface area contributed by atoms with Crippen molar-refractivity contribution in [3.05, 3.63) is 29.8 Å². The molecule has 0 aliphatic carbocycles. The Morgan fingerprint density at radius 3 is 2.11 bits per heavy atom. The summed E-state index contributed by atoms with van der Waals surface area (Å²) in [4.78, 5) is 0.0404. The second-order valence-corrected chi connectivity index (χ2v) is 6.62. The number of hydrogen-bond donors (Lipinski definition) is 2. The summed E-state index contributed by atoms with van der Waals surface area (Å²) >= 11 is 0. The molecular weight excluding hydrogens is 282 g/mol. The van der Waals surface area contributed by atoms with Crippen LogP contribution in [0.5, 0.6) is 0 Å². The summed E-state index contributed by atoms with van der Waals surface area (Å²) in [5.74, 6) is -0.547. The Labute approximate surface area is 105 Å². The smallest absolute Gasteiger partial charge is 0.326 e.